The summed E-state index contributed by atoms with van der Waals surface area (Å²) in [5, 5.41) is 2.56. The molecule has 0 aliphatic rings. The first-order valence-electron chi connectivity index (χ1n) is 5.91. The van der Waals surface area contributed by atoms with E-state index in [9.17, 15) is 0 Å². The molecule has 0 spiro atoms. The predicted octanol–water partition coefficient (Wildman–Crippen LogP) is 2.69. The fraction of sp³-hybridized carbons (Fsp3) is 0.357. The Morgan fingerprint density at radius 3 is 2.88 bits per heavy atom. The Morgan fingerprint density at radius 1 is 1.25 bits per heavy atom. The van der Waals surface area contributed by atoms with Gasteiger partial charge in [0, 0.05) is 17.3 Å². The van der Waals surface area contributed by atoms with Gasteiger partial charge in [-0.3, -0.25) is 4.98 Å². The average molecular weight is 214 g/mol. The summed E-state index contributed by atoms with van der Waals surface area (Å²) in [6.07, 6.45) is 4.93. The molecule has 1 aromatic carbocycles. The molecule has 0 radical (unpaired) electrons. The van der Waals surface area contributed by atoms with Crippen LogP contribution in [-0.4, -0.2) is 11.5 Å². The summed E-state index contributed by atoms with van der Waals surface area (Å²) in [7, 11) is 0. The predicted molar refractivity (Wildman–Crippen MR) is 68.5 cm³/mol. The molecule has 1 aromatic heterocycles. The minimum absolute atomic E-state index is 0.728. The maximum absolute atomic E-state index is 5.55. The van der Waals surface area contributed by atoms with Gasteiger partial charge in [-0.25, -0.2) is 0 Å². The van der Waals surface area contributed by atoms with E-state index in [1.165, 1.54) is 22.0 Å². The number of aryl methyl sites for hydroxylation is 2. The molecule has 2 N–H and O–H groups in total. The quantitative estimate of drug-likeness (QED) is 0.849. The van der Waals surface area contributed by atoms with Crippen molar-refractivity contribution in [2.75, 3.05) is 6.54 Å². The molecule has 0 saturated carbocycles. The van der Waals surface area contributed by atoms with Crippen LogP contribution in [0.3, 0.4) is 0 Å². The van der Waals surface area contributed by atoms with Gasteiger partial charge in [0.1, 0.15) is 0 Å². The topological polar surface area (TPSA) is 38.9 Å². The van der Waals surface area contributed by atoms with Crippen molar-refractivity contribution >= 4 is 10.8 Å². The van der Waals surface area contributed by atoms with Crippen LogP contribution < -0.4 is 5.73 Å². The minimum Gasteiger partial charge on any atom is -0.330 e. The van der Waals surface area contributed by atoms with Crippen LogP contribution >= 0.6 is 0 Å². The van der Waals surface area contributed by atoms with Gasteiger partial charge in [0.15, 0.2) is 0 Å². The fourth-order valence-corrected chi connectivity index (χ4v) is 1.96. The summed E-state index contributed by atoms with van der Waals surface area (Å²) in [6, 6.07) is 8.70. The molecule has 16 heavy (non-hydrogen) atoms. The van der Waals surface area contributed by atoms with E-state index >= 15 is 0 Å². The highest BCUT2D eigenvalue weighted by atomic mass is 14.7. The van der Waals surface area contributed by atoms with E-state index in [4.69, 9.17) is 5.73 Å². The van der Waals surface area contributed by atoms with Gasteiger partial charge >= 0.3 is 0 Å². The standard InChI is InChI=1S/C14H18N2/c1-2-11-5-6-12-7-9-16-14(4-3-8-15)13(12)10-11/h5-7,9-10H,2-4,8,15H2,1H3. The first kappa shape index (κ1) is 11.1. The summed E-state index contributed by atoms with van der Waals surface area (Å²) in [4.78, 5) is 4.46. The summed E-state index contributed by atoms with van der Waals surface area (Å²) in [5.41, 5.74) is 8.10. The van der Waals surface area contributed by atoms with Crippen molar-refractivity contribution in [1.82, 2.24) is 4.98 Å². The fourth-order valence-electron chi connectivity index (χ4n) is 1.96. The van der Waals surface area contributed by atoms with E-state index in [0.717, 1.165) is 25.8 Å². The zero-order valence-corrected chi connectivity index (χ0v) is 9.74. The molecule has 0 unspecified atom stereocenters. The first-order chi connectivity index (χ1) is 7.85. The molecule has 1 heterocycles. The number of fused-ring (bicyclic) bond motifs is 1. The lowest BCUT2D eigenvalue weighted by Gasteiger charge is -2.06. The summed E-state index contributed by atoms with van der Waals surface area (Å²) in [5.74, 6) is 0. The zero-order chi connectivity index (χ0) is 11.4. The Morgan fingerprint density at radius 2 is 2.12 bits per heavy atom. The second-order valence-corrected chi connectivity index (χ2v) is 4.06. The van der Waals surface area contributed by atoms with Gasteiger partial charge in [0.25, 0.3) is 0 Å². The third-order valence-electron chi connectivity index (χ3n) is 2.94. The number of nitrogens with zero attached hydrogens (tertiary/aromatic N) is 1. The average Bonchev–Trinajstić information content (AvgIpc) is 2.35. The molecule has 0 fully saturated rings. The Balaban J connectivity index is 2.46. The highest BCUT2D eigenvalue weighted by Gasteiger charge is 2.02. The number of hydrogen-bond donors (Lipinski definition) is 1. The molecule has 2 nitrogen and oxygen atoms in total. The van der Waals surface area contributed by atoms with Gasteiger partial charge in [-0.15, -0.1) is 0 Å². The van der Waals surface area contributed by atoms with Gasteiger partial charge in [0.05, 0.1) is 0 Å². The van der Waals surface area contributed by atoms with E-state index in [1.54, 1.807) is 0 Å². The number of aromatic nitrogens is 1. The Kier molecular flexibility index (Phi) is 3.52. The van der Waals surface area contributed by atoms with Crippen LogP contribution in [0.25, 0.3) is 10.8 Å². The van der Waals surface area contributed by atoms with Gasteiger partial charge in [-0.05, 0) is 48.9 Å². The van der Waals surface area contributed by atoms with E-state index < -0.39 is 0 Å². The molecule has 0 aliphatic carbocycles. The van der Waals surface area contributed by atoms with Crippen LogP contribution in [-0.2, 0) is 12.8 Å². The van der Waals surface area contributed by atoms with Gasteiger partial charge < -0.3 is 5.73 Å². The largest absolute Gasteiger partial charge is 0.330 e. The third-order valence-corrected chi connectivity index (χ3v) is 2.94. The molecule has 0 bridgehead atoms. The first-order valence-corrected chi connectivity index (χ1v) is 5.91. The van der Waals surface area contributed by atoms with Crippen molar-refractivity contribution in [1.29, 1.82) is 0 Å². The molecule has 0 saturated heterocycles. The van der Waals surface area contributed by atoms with Crippen molar-refractivity contribution in [3.8, 4) is 0 Å². The molecule has 0 aliphatic heterocycles. The number of nitrogens with two attached hydrogens (primary N) is 1. The smallest absolute Gasteiger partial charge is 0.0482 e. The third kappa shape index (κ3) is 2.22. The molecule has 0 atom stereocenters. The molecule has 84 valence electrons. The lowest BCUT2D eigenvalue weighted by molar-refractivity contribution is 0.817. The van der Waals surface area contributed by atoms with E-state index in [1.807, 2.05) is 6.20 Å². The zero-order valence-electron chi connectivity index (χ0n) is 9.74. The highest BCUT2D eigenvalue weighted by Crippen LogP contribution is 2.20. The molecule has 0 amide bonds. The molecular weight excluding hydrogens is 196 g/mol. The van der Waals surface area contributed by atoms with Crippen molar-refractivity contribution < 1.29 is 0 Å². The van der Waals surface area contributed by atoms with Gasteiger partial charge in [-0.2, -0.15) is 0 Å². The lowest BCUT2D eigenvalue weighted by Crippen LogP contribution is -2.02. The molecule has 2 aromatic rings. The maximum Gasteiger partial charge on any atom is 0.0482 e. The Bertz CT molecular complexity index is 477. The summed E-state index contributed by atoms with van der Waals surface area (Å²) in [6.45, 7) is 2.91. The second kappa shape index (κ2) is 5.08. The maximum atomic E-state index is 5.55. The van der Waals surface area contributed by atoms with Gasteiger partial charge in [-0.1, -0.05) is 19.1 Å². The summed E-state index contributed by atoms with van der Waals surface area (Å²) < 4.78 is 0. The molecular formula is C14H18N2. The van der Waals surface area contributed by atoms with Crippen molar-refractivity contribution in [2.24, 2.45) is 5.73 Å². The summed E-state index contributed by atoms with van der Waals surface area (Å²) >= 11 is 0. The van der Waals surface area contributed by atoms with Crippen LogP contribution in [0.4, 0.5) is 0 Å². The van der Waals surface area contributed by atoms with Crippen LogP contribution in [0.5, 0.6) is 0 Å². The van der Waals surface area contributed by atoms with E-state index in [-0.39, 0.29) is 0 Å². The van der Waals surface area contributed by atoms with Crippen LogP contribution in [0.2, 0.25) is 0 Å². The number of rotatable bonds is 4. The van der Waals surface area contributed by atoms with E-state index in [2.05, 4.69) is 36.2 Å². The van der Waals surface area contributed by atoms with Crippen molar-refractivity contribution in [2.45, 2.75) is 26.2 Å². The van der Waals surface area contributed by atoms with Crippen molar-refractivity contribution in [3.05, 3.63) is 41.7 Å². The number of benzene rings is 1. The number of pyridine rings is 1. The minimum atomic E-state index is 0.728. The highest BCUT2D eigenvalue weighted by molar-refractivity contribution is 5.85. The van der Waals surface area contributed by atoms with Gasteiger partial charge in [0.2, 0.25) is 0 Å². The van der Waals surface area contributed by atoms with Crippen LogP contribution in [0.1, 0.15) is 24.6 Å². The molecule has 2 rings (SSSR count). The lowest BCUT2D eigenvalue weighted by atomic mass is 10.0. The number of hydrogen-bond acceptors (Lipinski definition) is 2. The second-order valence-electron chi connectivity index (χ2n) is 4.06. The van der Waals surface area contributed by atoms with Crippen molar-refractivity contribution in [3.63, 3.8) is 0 Å². The van der Waals surface area contributed by atoms with Crippen LogP contribution in [0, 0.1) is 0 Å². The monoisotopic (exact) mass is 214 g/mol. The van der Waals surface area contributed by atoms with Crippen LogP contribution in [0.15, 0.2) is 30.5 Å². The SMILES string of the molecule is CCc1ccc2ccnc(CCCN)c2c1. The normalized spacial score (nSPS) is 10.9. The Hall–Kier alpha value is -1.41. The van der Waals surface area contributed by atoms with E-state index in [0.29, 0.717) is 0 Å². The molecule has 2 heteroatoms. The Labute approximate surface area is 96.5 Å².